The normalized spacial score (nSPS) is 43.6. The molecule has 1 spiro atoms. The van der Waals surface area contributed by atoms with Crippen LogP contribution in [-0.2, 0) is 9.47 Å². The molecule has 1 saturated carbocycles. The monoisotopic (exact) mass is 373 g/mol. The Hall–Kier alpha value is -1.93. The highest BCUT2D eigenvalue weighted by atomic mass is 79.9. The van der Waals surface area contributed by atoms with Gasteiger partial charge in [0.05, 0.1) is 24.8 Å². The third kappa shape index (κ3) is 1.41. The Kier molecular flexibility index (Phi) is 2.76. The quantitative estimate of drug-likeness (QED) is 0.726. The van der Waals surface area contributed by atoms with E-state index in [1.807, 2.05) is 31.2 Å². The molecule has 1 saturated heterocycles. The van der Waals surface area contributed by atoms with Crippen LogP contribution in [0.2, 0.25) is 0 Å². The smallest absolute Gasteiger partial charge is 0.311 e. The van der Waals surface area contributed by atoms with E-state index in [0.29, 0.717) is 6.61 Å². The van der Waals surface area contributed by atoms with Crippen LogP contribution in [0.15, 0.2) is 28.7 Å². The first-order valence-electron chi connectivity index (χ1n) is 7.28. The standard InChI is InChI=1S/C16H13BrN4O2/c1-9-6-22-16(23-9)15(8-19)12(10-3-2-4-11(17)5-10)14(15,7-18)13(20)21-16/h2-5,9,12H,6H2,1H3,(H2,20,21)/p+1/t9-,12+,14+,15+,16-/m0/s1. The summed E-state index contributed by atoms with van der Waals surface area (Å²) in [5.41, 5.74) is 4.65. The lowest BCUT2D eigenvalue weighted by Crippen LogP contribution is -2.90. The Morgan fingerprint density at radius 1 is 1.39 bits per heavy atom. The number of nitrogens with zero attached hydrogens (tertiary/aromatic N) is 2. The third-order valence-corrected chi connectivity index (χ3v) is 5.56. The van der Waals surface area contributed by atoms with Crippen molar-refractivity contribution in [2.75, 3.05) is 6.61 Å². The van der Waals surface area contributed by atoms with Crippen LogP contribution >= 0.6 is 15.9 Å². The van der Waals surface area contributed by atoms with Gasteiger partial charge in [0.2, 0.25) is 0 Å². The van der Waals surface area contributed by atoms with Gasteiger partial charge in [0, 0.05) is 10.4 Å². The number of benzene rings is 1. The van der Waals surface area contributed by atoms with Gasteiger partial charge in [-0.15, -0.1) is 0 Å². The first kappa shape index (κ1) is 14.6. The topological polar surface area (TPSA) is 106 Å². The van der Waals surface area contributed by atoms with Crippen molar-refractivity contribution < 1.29 is 14.5 Å². The van der Waals surface area contributed by atoms with Crippen LogP contribution in [0.4, 0.5) is 0 Å². The molecule has 3 N–H and O–H groups in total. The maximum atomic E-state index is 10.0. The van der Waals surface area contributed by atoms with Crippen molar-refractivity contribution in [3.05, 3.63) is 34.3 Å². The van der Waals surface area contributed by atoms with Gasteiger partial charge < -0.3 is 9.47 Å². The molecule has 5 atom stereocenters. The summed E-state index contributed by atoms with van der Waals surface area (Å²) < 4.78 is 12.6. The summed E-state index contributed by atoms with van der Waals surface area (Å²) >= 11 is 3.43. The van der Waals surface area contributed by atoms with Crippen LogP contribution in [0.3, 0.4) is 0 Å². The Morgan fingerprint density at radius 3 is 2.74 bits per heavy atom. The van der Waals surface area contributed by atoms with E-state index in [1.54, 1.807) is 0 Å². The van der Waals surface area contributed by atoms with Crippen molar-refractivity contribution in [3.63, 3.8) is 0 Å². The second-order valence-corrected chi connectivity index (χ2v) is 7.14. The zero-order valence-corrected chi connectivity index (χ0v) is 13.9. The number of fused-ring (bicyclic) bond motifs is 2. The summed E-state index contributed by atoms with van der Waals surface area (Å²) in [7, 11) is 0. The minimum atomic E-state index is -1.37. The van der Waals surface area contributed by atoms with Gasteiger partial charge in [-0.25, -0.2) is 4.99 Å². The highest BCUT2D eigenvalue weighted by molar-refractivity contribution is 9.10. The van der Waals surface area contributed by atoms with Crippen LogP contribution in [0.25, 0.3) is 0 Å². The van der Waals surface area contributed by atoms with Crippen LogP contribution in [0.1, 0.15) is 18.4 Å². The Labute approximate surface area is 141 Å². The molecule has 1 aromatic carbocycles. The molecule has 4 rings (SSSR count). The fourth-order valence-corrected chi connectivity index (χ4v) is 4.57. The second kappa shape index (κ2) is 4.33. The van der Waals surface area contributed by atoms with E-state index in [1.165, 1.54) is 0 Å². The number of nitrogens with two attached hydrogens (primary N) is 1. The van der Waals surface area contributed by atoms with E-state index in [4.69, 9.17) is 15.2 Å². The third-order valence-electron chi connectivity index (χ3n) is 5.07. The van der Waals surface area contributed by atoms with Crippen LogP contribution < -0.4 is 10.7 Å². The molecule has 0 bridgehead atoms. The van der Waals surface area contributed by atoms with Crippen LogP contribution in [0, 0.1) is 33.5 Å². The summed E-state index contributed by atoms with van der Waals surface area (Å²) in [6.45, 7) is 2.21. The van der Waals surface area contributed by atoms with Crippen molar-refractivity contribution in [1.29, 1.82) is 10.5 Å². The summed E-state index contributed by atoms with van der Waals surface area (Å²) in [4.78, 5) is 2.95. The van der Waals surface area contributed by atoms with E-state index in [2.05, 4.69) is 33.1 Å². The number of rotatable bonds is 1. The van der Waals surface area contributed by atoms with Crippen molar-refractivity contribution in [2.45, 2.75) is 24.9 Å². The minimum Gasteiger partial charge on any atom is -0.311 e. The lowest BCUT2D eigenvalue weighted by atomic mass is 9.94. The molecule has 116 valence electrons. The lowest BCUT2D eigenvalue weighted by molar-refractivity contribution is -0.677. The van der Waals surface area contributed by atoms with Gasteiger partial charge in [0.1, 0.15) is 0 Å². The number of amidine groups is 1. The van der Waals surface area contributed by atoms with Gasteiger partial charge in [-0.1, -0.05) is 28.1 Å². The van der Waals surface area contributed by atoms with E-state index in [-0.39, 0.29) is 11.9 Å². The molecule has 2 aliphatic heterocycles. The number of nitrogens with one attached hydrogen (secondary N) is 1. The van der Waals surface area contributed by atoms with Crippen LogP contribution in [-0.4, -0.2) is 24.5 Å². The molecule has 6 nitrogen and oxygen atoms in total. The molecule has 0 radical (unpaired) electrons. The number of ether oxygens (including phenoxy) is 2. The molecule has 2 fully saturated rings. The molecule has 2 heterocycles. The molecule has 3 aliphatic rings. The molecule has 1 aliphatic carbocycles. The van der Waals surface area contributed by atoms with Gasteiger partial charge in [0.25, 0.3) is 5.84 Å². The Balaban J connectivity index is 1.93. The number of hydrogen-bond acceptors (Lipinski definition) is 5. The van der Waals surface area contributed by atoms with E-state index in [0.717, 1.165) is 10.0 Å². The molecule has 0 unspecified atom stereocenters. The summed E-state index contributed by atoms with van der Waals surface area (Å²) in [5, 5.41) is 19.9. The number of halogens is 1. The highest BCUT2D eigenvalue weighted by Crippen LogP contribution is 2.79. The largest absolute Gasteiger partial charge is 0.343 e. The van der Waals surface area contributed by atoms with Crippen molar-refractivity contribution in [3.8, 4) is 12.1 Å². The maximum Gasteiger partial charge on any atom is 0.343 e. The zero-order chi connectivity index (χ0) is 16.5. The highest BCUT2D eigenvalue weighted by Gasteiger charge is 2.97. The van der Waals surface area contributed by atoms with Gasteiger partial charge in [-0.2, -0.15) is 10.5 Å². The van der Waals surface area contributed by atoms with Crippen molar-refractivity contribution in [2.24, 2.45) is 16.6 Å². The first-order valence-corrected chi connectivity index (χ1v) is 8.07. The predicted molar refractivity (Wildman–Crippen MR) is 82.4 cm³/mol. The average molecular weight is 374 g/mol. The van der Waals surface area contributed by atoms with Gasteiger partial charge in [-0.05, 0) is 24.6 Å². The van der Waals surface area contributed by atoms with Crippen LogP contribution in [0.5, 0.6) is 0 Å². The average Bonchev–Trinajstić information content (AvgIpc) is 2.93. The second-order valence-electron chi connectivity index (χ2n) is 6.22. The first-order chi connectivity index (χ1) is 11.0. The number of hydrogen-bond donors (Lipinski definition) is 2. The minimum absolute atomic E-state index is 0.182. The SMILES string of the molecule is C[C@H]1CO[C@]2([NH+]=C(N)[C@@]3(C#N)[C@@H](c4cccc(Br)c4)[C@@]23C#N)O1. The molecular weight excluding hydrogens is 360 g/mol. The maximum absolute atomic E-state index is 10.0. The van der Waals surface area contributed by atoms with Gasteiger partial charge in [-0.3, -0.25) is 5.73 Å². The predicted octanol–water partition coefficient (Wildman–Crippen LogP) is 0.107. The van der Waals surface area contributed by atoms with E-state index >= 15 is 0 Å². The molecular formula is C16H14BrN4O2+. The summed E-state index contributed by atoms with van der Waals surface area (Å²) in [6, 6.07) is 12.1. The fraction of sp³-hybridized carbons (Fsp3) is 0.438. The molecule has 0 aromatic heterocycles. The fourth-order valence-electron chi connectivity index (χ4n) is 4.15. The van der Waals surface area contributed by atoms with E-state index < -0.39 is 22.7 Å². The Morgan fingerprint density at radius 2 is 2.17 bits per heavy atom. The number of nitriles is 2. The molecule has 0 amide bonds. The van der Waals surface area contributed by atoms with Gasteiger partial charge in [0.15, 0.2) is 10.8 Å². The van der Waals surface area contributed by atoms with Gasteiger partial charge >= 0.3 is 5.91 Å². The summed E-state index contributed by atoms with van der Waals surface area (Å²) in [5.74, 6) is -1.54. The van der Waals surface area contributed by atoms with Crippen molar-refractivity contribution >= 4 is 21.8 Å². The molecule has 7 heteroatoms. The Bertz CT molecular complexity index is 828. The molecule has 23 heavy (non-hydrogen) atoms. The zero-order valence-electron chi connectivity index (χ0n) is 12.3. The lowest BCUT2D eigenvalue weighted by Gasteiger charge is -2.24. The van der Waals surface area contributed by atoms with Crippen molar-refractivity contribution in [1.82, 2.24) is 0 Å². The summed E-state index contributed by atoms with van der Waals surface area (Å²) in [6.07, 6.45) is -0.182. The molecule has 1 aromatic rings. The van der Waals surface area contributed by atoms with E-state index in [9.17, 15) is 10.5 Å².